The molecular formula is C17H20ClN3O3S. The van der Waals surface area contributed by atoms with Crippen molar-refractivity contribution in [2.24, 2.45) is 0 Å². The summed E-state index contributed by atoms with van der Waals surface area (Å²) in [5, 5.41) is 3.77. The molecule has 134 valence electrons. The number of halogens is 1. The maximum atomic E-state index is 12.7. The Morgan fingerprint density at radius 1 is 1.24 bits per heavy atom. The van der Waals surface area contributed by atoms with Crippen molar-refractivity contribution >= 4 is 41.2 Å². The summed E-state index contributed by atoms with van der Waals surface area (Å²) < 4.78 is 0. The number of amides is 4. The molecule has 1 aliphatic carbocycles. The first-order valence-electron chi connectivity index (χ1n) is 8.31. The molecule has 1 aliphatic heterocycles. The van der Waals surface area contributed by atoms with Gasteiger partial charge in [0.05, 0.1) is 5.25 Å². The van der Waals surface area contributed by atoms with E-state index in [1.807, 2.05) is 12.1 Å². The molecule has 25 heavy (non-hydrogen) atoms. The predicted molar refractivity (Wildman–Crippen MR) is 96.1 cm³/mol. The summed E-state index contributed by atoms with van der Waals surface area (Å²) in [6.45, 7) is 1.73. The smallest absolute Gasteiger partial charge is 0.322 e. The number of nitrogens with zero attached hydrogens (tertiary/aromatic N) is 1. The molecule has 6 nitrogen and oxygen atoms in total. The van der Waals surface area contributed by atoms with E-state index >= 15 is 0 Å². The summed E-state index contributed by atoms with van der Waals surface area (Å²) in [6, 6.07) is 6.59. The van der Waals surface area contributed by atoms with Gasteiger partial charge in [0.15, 0.2) is 0 Å². The Morgan fingerprint density at radius 3 is 2.52 bits per heavy atom. The van der Waals surface area contributed by atoms with Crippen molar-refractivity contribution in [3.8, 4) is 0 Å². The van der Waals surface area contributed by atoms with E-state index in [4.69, 9.17) is 11.6 Å². The van der Waals surface area contributed by atoms with Crippen LogP contribution >= 0.6 is 23.4 Å². The Balaban J connectivity index is 1.62. The average Bonchev–Trinajstić information content (AvgIpc) is 2.81. The van der Waals surface area contributed by atoms with Crippen LogP contribution in [-0.2, 0) is 9.59 Å². The van der Waals surface area contributed by atoms with E-state index in [2.05, 4.69) is 10.7 Å². The Kier molecular flexibility index (Phi) is 5.24. The zero-order valence-corrected chi connectivity index (χ0v) is 15.5. The highest BCUT2D eigenvalue weighted by atomic mass is 35.5. The van der Waals surface area contributed by atoms with E-state index in [0.717, 1.165) is 29.2 Å². The van der Waals surface area contributed by atoms with Crippen molar-refractivity contribution in [2.75, 3.05) is 0 Å². The van der Waals surface area contributed by atoms with Crippen LogP contribution < -0.4 is 10.7 Å². The van der Waals surface area contributed by atoms with E-state index in [9.17, 15) is 14.4 Å². The first-order valence-corrected chi connectivity index (χ1v) is 9.56. The molecule has 2 N–H and O–H groups in total. The predicted octanol–water partition coefficient (Wildman–Crippen LogP) is 3.11. The molecule has 1 atom stereocenters. The van der Waals surface area contributed by atoms with Crippen molar-refractivity contribution < 1.29 is 14.4 Å². The van der Waals surface area contributed by atoms with Crippen LogP contribution in [0.5, 0.6) is 0 Å². The van der Waals surface area contributed by atoms with E-state index in [1.165, 1.54) is 11.8 Å². The SMILES string of the molecule is CC(Sc1ccc(Cl)cc1)C(=O)NN1C(=O)NC2(CCCCC2)C1=O. The highest BCUT2D eigenvalue weighted by Crippen LogP contribution is 2.33. The fourth-order valence-electron chi connectivity index (χ4n) is 3.19. The third-order valence-electron chi connectivity index (χ3n) is 4.59. The second-order valence-corrected chi connectivity index (χ2v) is 8.25. The van der Waals surface area contributed by atoms with Crippen LogP contribution in [0.4, 0.5) is 4.79 Å². The van der Waals surface area contributed by atoms with Crippen molar-refractivity contribution in [3.05, 3.63) is 29.3 Å². The molecule has 4 amide bonds. The number of urea groups is 1. The molecule has 1 unspecified atom stereocenters. The van der Waals surface area contributed by atoms with E-state index in [-0.39, 0.29) is 5.91 Å². The van der Waals surface area contributed by atoms with Crippen molar-refractivity contribution in [1.29, 1.82) is 0 Å². The van der Waals surface area contributed by atoms with Gasteiger partial charge in [0.1, 0.15) is 5.54 Å². The fraction of sp³-hybridized carbons (Fsp3) is 0.471. The van der Waals surface area contributed by atoms with Gasteiger partial charge in [-0.1, -0.05) is 30.9 Å². The number of hydrogen-bond donors (Lipinski definition) is 2. The summed E-state index contributed by atoms with van der Waals surface area (Å²) in [5.74, 6) is -0.745. The van der Waals surface area contributed by atoms with Gasteiger partial charge in [-0.25, -0.2) is 4.79 Å². The van der Waals surface area contributed by atoms with Crippen molar-refractivity contribution in [2.45, 2.75) is 54.7 Å². The monoisotopic (exact) mass is 381 g/mol. The van der Waals surface area contributed by atoms with Crippen LogP contribution in [0.2, 0.25) is 5.02 Å². The Bertz CT molecular complexity index is 689. The number of carbonyl (C=O) groups is 3. The maximum absolute atomic E-state index is 12.7. The topological polar surface area (TPSA) is 78.5 Å². The summed E-state index contributed by atoms with van der Waals surface area (Å²) in [5.41, 5.74) is 1.63. The van der Waals surface area contributed by atoms with Gasteiger partial charge in [-0.2, -0.15) is 5.01 Å². The summed E-state index contributed by atoms with van der Waals surface area (Å²) in [7, 11) is 0. The quantitative estimate of drug-likeness (QED) is 0.620. The van der Waals surface area contributed by atoms with Crippen molar-refractivity contribution in [1.82, 2.24) is 15.8 Å². The molecule has 1 aromatic carbocycles. The lowest BCUT2D eigenvalue weighted by molar-refractivity contribution is -0.139. The molecule has 1 saturated heterocycles. The second kappa shape index (κ2) is 7.25. The van der Waals surface area contributed by atoms with Crippen LogP contribution in [0.1, 0.15) is 39.0 Å². The summed E-state index contributed by atoms with van der Waals surface area (Å²) >= 11 is 7.18. The number of hydrazine groups is 1. The molecule has 3 rings (SSSR count). The number of carbonyl (C=O) groups excluding carboxylic acids is 3. The minimum Gasteiger partial charge on any atom is -0.322 e. The maximum Gasteiger partial charge on any atom is 0.344 e. The van der Waals surface area contributed by atoms with E-state index in [1.54, 1.807) is 19.1 Å². The lowest BCUT2D eigenvalue weighted by Gasteiger charge is -2.30. The van der Waals surface area contributed by atoms with Crippen LogP contribution in [0, 0.1) is 0 Å². The highest BCUT2D eigenvalue weighted by Gasteiger charge is 2.52. The highest BCUT2D eigenvalue weighted by molar-refractivity contribution is 8.00. The first kappa shape index (κ1) is 18.1. The molecule has 0 aromatic heterocycles. The van der Waals surface area contributed by atoms with Gasteiger partial charge >= 0.3 is 6.03 Å². The third-order valence-corrected chi connectivity index (χ3v) is 5.95. The molecular weight excluding hydrogens is 362 g/mol. The summed E-state index contributed by atoms with van der Waals surface area (Å²) in [6.07, 6.45) is 4.11. The van der Waals surface area contributed by atoms with Gasteiger partial charge in [-0.3, -0.25) is 15.0 Å². The average molecular weight is 382 g/mol. The molecule has 1 saturated carbocycles. The number of rotatable bonds is 4. The zero-order valence-electron chi connectivity index (χ0n) is 13.9. The van der Waals surface area contributed by atoms with Crippen molar-refractivity contribution in [3.63, 3.8) is 0 Å². The number of thioether (sulfide) groups is 1. The zero-order chi connectivity index (χ0) is 18.0. The first-order chi connectivity index (χ1) is 11.9. The molecule has 1 heterocycles. The molecule has 8 heteroatoms. The van der Waals surface area contributed by atoms with Crippen LogP contribution in [0.3, 0.4) is 0 Å². The number of hydrogen-bond acceptors (Lipinski definition) is 4. The number of imide groups is 1. The van der Waals surface area contributed by atoms with Gasteiger partial charge in [-0.15, -0.1) is 11.8 Å². The van der Waals surface area contributed by atoms with E-state index < -0.39 is 22.7 Å². The van der Waals surface area contributed by atoms with Crippen LogP contribution in [-0.4, -0.2) is 33.6 Å². The molecule has 2 aliphatic rings. The largest absolute Gasteiger partial charge is 0.344 e. The van der Waals surface area contributed by atoms with Gasteiger partial charge < -0.3 is 5.32 Å². The number of benzene rings is 1. The fourth-order valence-corrected chi connectivity index (χ4v) is 4.18. The Morgan fingerprint density at radius 2 is 1.88 bits per heavy atom. The lowest BCUT2D eigenvalue weighted by Crippen LogP contribution is -2.52. The third kappa shape index (κ3) is 3.77. The van der Waals surface area contributed by atoms with Gasteiger partial charge in [0.2, 0.25) is 0 Å². The van der Waals surface area contributed by atoms with Gasteiger partial charge in [-0.05, 0) is 44.0 Å². The lowest BCUT2D eigenvalue weighted by atomic mass is 9.82. The normalized spacial score (nSPS) is 20.5. The Labute approximate surface area is 155 Å². The Hall–Kier alpha value is -1.73. The summed E-state index contributed by atoms with van der Waals surface area (Å²) in [4.78, 5) is 38.1. The minimum atomic E-state index is -0.838. The molecule has 0 radical (unpaired) electrons. The van der Waals surface area contributed by atoms with Gasteiger partial charge in [0, 0.05) is 9.92 Å². The van der Waals surface area contributed by atoms with Crippen LogP contribution in [0.25, 0.3) is 0 Å². The molecule has 2 fully saturated rings. The van der Waals surface area contributed by atoms with Gasteiger partial charge in [0.25, 0.3) is 11.8 Å². The number of nitrogens with one attached hydrogen (secondary N) is 2. The van der Waals surface area contributed by atoms with Crippen LogP contribution in [0.15, 0.2) is 29.2 Å². The molecule has 1 spiro atoms. The second-order valence-electron chi connectivity index (χ2n) is 6.40. The standard InChI is InChI=1S/C17H20ClN3O3S/c1-11(25-13-7-5-12(18)6-8-13)14(22)20-21-15(23)17(19-16(21)24)9-3-2-4-10-17/h5-8,11H,2-4,9-10H2,1H3,(H,19,24)(H,20,22). The molecule has 1 aromatic rings. The minimum absolute atomic E-state index is 0.353. The molecule has 0 bridgehead atoms. The van der Waals surface area contributed by atoms with E-state index in [0.29, 0.717) is 17.9 Å².